The highest BCUT2D eigenvalue weighted by Crippen LogP contribution is 2.41. The van der Waals surface area contributed by atoms with Crippen LogP contribution < -0.4 is 10.6 Å². The monoisotopic (exact) mass is 451 g/mol. The summed E-state index contributed by atoms with van der Waals surface area (Å²) in [5.74, 6) is 1.36. The van der Waals surface area contributed by atoms with E-state index in [0.29, 0.717) is 18.5 Å². The van der Waals surface area contributed by atoms with E-state index < -0.39 is 0 Å². The van der Waals surface area contributed by atoms with Gasteiger partial charge in [0, 0.05) is 30.6 Å². The third-order valence-electron chi connectivity index (χ3n) is 3.90. The van der Waals surface area contributed by atoms with Gasteiger partial charge in [-0.3, -0.25) is 4.99 Å². The van der Waals surface area contributed by atoms with Gasteiger partial charge in [0.2, 0.25) is 0 Å². The Hall–Kier alpha value is -0.530. The largest absolute Gasteiger partial charge is 0.377 e. The fourth-order valence-electron chi connectivity index (χ4n) is 2.29. The molecule has 4 nitrogen and oxygen atoms in total. The first kappa shape index (κ1) is 20.5. The predicted octanol–water partition coefficient (Wildman–Crippen LogP) is 3.79. The van der Waals surface area contributed by atoms with Crippen molar-refractivity contribution in [3.05, 3.63) is 34.9 Å². The molecule has 1 saturated carbocycles. The molecule has 1 aliphatic rings. The molecule has 0 aromatic heterocycles. The van der Waals surface area contributed by atoms with Crippen LogP contribution in [0.5, 0.6) is 0 Å². The van der Waals surface area contributed by atoms with Crippen molar-refractivity contribution in [3.8, 4) is 0 Å². The summed E-state index contributed by atoms with van der Waals surface area (Å²) >= 11 is 6.07. The van der Waals surface area contributed by atoms with Crippen LogP contribution in [-0.2, 0) is 4.74 Å². The first-order valence-corrected chi connectivity index (χ1v) is 8.18. The zero-order valence-electron chi connectivity index (χ0n) is 14.2. The lowest BCUT2D eigenvalue weighted by Crippen LogP contribution is -2.40. The number of ether oxygens (including phenoxy) is 1. The van der Waals surface area contributed by atoms with Crippen molar-refractivity contribution in [2.24, 2.45) is 4.99 Å². The highest BCUT2D eigenvalue weighted by atomic mass is 127. The Morgan fingerprint density at radius 3 is 2.78 bits per heavy atom. The molecular weight excluding hydrogens is 425 g/mol. The molecule has 2 rings (SSSR count). The van der Waals surface area contributed by atoms with Crippen molar-refractivity contribution in [2.75, 3.05) is 20.2 Å². The van der Waals surface area contributed by atoms with E-state index in [1.165, 1.54) is 5.56 Å². The Labute approximate surface area is 161 Å². The highest BCUT2D eigenvalue weighted by Gasteiger charge is 2.39. The fraction of sp³-hybridized carbons (Fsp3) is 0.588. The molecule has 2 atom stereocenters. The van der Waals surface area contributed by atoms with Crippen LogP contribution in [0.25, 0.3) is 0 Å². The summed E-state index contributed by atoms with van der Waals surface area (Å²) in [6, 6.07) is 8.52. The quantitative estimate of drug-likeness (QED) is 0.393. The van der Waals surface area contributed by atoms with Gasteiger partial charge in [-0.05, 0) is 44.9 Å². The van der Waals surface area contributed by atoms with Gasteiger partial charge in [-0.15, -0.1) is 24.0 Å². The van der Waals surface area contributed by atoms with Gasteiger partial charge in [0.15, 0.2) is 5.96 Å². The zero-order valence-corrected chi connectivity index (χ0v) is 17.3. The van der Waals surface area contributed by atoms with Gasteiger partial charge in [-0.1, -0.05) is 23.7 Å². The maximum absolute atomic E-state index is 6.07. The van der Waals surface area contributed by atoms with E-state index in [1.54, 1.807) is 7.11 Å². The highest BCUT2D eigenvalue weighted by molar-refractivity contribution is 14.0. The van der Waals surface area contributed by atoms with Crippen LogP contribution in [0.15, 0.2) is 29.3 Å². The van der Waals surface area contributed by atoms with E-state index in [0.717, 1.165) is 23.9 Å². The minimum Gasteiger partial charge on any atom is -0.377 e. The molecule has 2 N–H and O–H groups in total. The number of aliphatic imine (C=N–C) groups is 1. The number of hydrogen-bond acceptors (Lipinski definition) is 2. The number of guanidine groups is 1. The summed E-state index contributed by atoms with van der Waals surface area (Å²) in [5.41, 5.74) is 1.04. The average molecular weight is 452 g/mol. The average Bonchev–Trinajstić information content (AvgIpc) is 3.24. The Morgan fingerprint density at radius 2 is 2.17 bits per heavy atom. The second kappa shape index (κ2) is 9.08. The van der Waals surface area contributed by atoms with Crippen LogP contribution in [0.4, 0.5) is 0 Å². The van der Waals surface area contributed by atoms with Crippen molar-refractivity contribution in [2.45, 2.75) is 44.8 Å². The van der Waals surface area contributed by atoms with E-state index in [-0.39, 0.29) is 29.6 Å². The van der Waals surface area contributed by atoms with Crippen LogP contribution in [0.1, 0.15) is 38.7 Å². The van der Waals surface area contributed by atoms with E-state index in [2.05, 4.69) is 28.6 Å². The lowest BCUT2D eigenvalue weighted by Gasteiger charge is -2.21. The van der Waals surface area contributed by atoms with Gasteiger partial charge >= 0.3 is 0 Å². The number of methoxy groups -OCH3 is 1. The van der Waals surface area contributed by atoms with Gasteiger partial charge in [-0.25, -0.2) is 0 Å². The minimum absolute atomic E-state index is 0. The van der Waals surface area contributed by atoms with Crippen molar-refractivity contribution in [3.63, 3.8) is 0 Å². The lowest BCUT2D eigenvalue weighted by atomic mass is 10.1. The SMILES string of the molecule is CCNC(=NCC(C)(C)OC)NC1CC1c1cccc(Cl)c1.I. The molecule has 1 aromatic carbocycles. The molecule has 1 aliphatic carbocycles. The maximum atomic E-state index is 6.07. The molecule has 1 aromatic rings. The Morgan fingerprint density at radius 1 is 1.43 bits per heavy atom. The summed E-state index contributed by atoms with van der Waals surface area (Å²) in [7, 11) is 1.71. The molecule has 1 fully saturated rings. The smallest absolute Gasteiger partial charge is 0.191 e. The summed E-state index contributed by atoms with van der Waals surface area (Å²) in [6.07, 6.45) is 1.11. The molecule has 0 heterocycles. The normalized spacial score (nSPS) is 20.7. The number of rotatable bonds is 6. The molecule has 0 spiro atoms. The molecule has 0 amide bonds. The Kier molecular flexibility index (Phi) is 8.10. The Balaban J connectivity index is 0.00000264. The molecule has 6 heteroatoms. The number of hydrogen-bond donors (Lipinski definition) is 2. The van der Waals surface area contributed by atoms with Crippen LogP contribution in [0, 0.1) is 0 Å². The zero-order chi connectivity index (χ0) is 16.2. The molecule has 130 valence electrons. The van der Waals surface area contributed by atoms with Gasteiger partial charge in [-0.2, -0.15) is 0 Å². The first-order valence-electron chi connectivity index (χ1n) is 7.80. The summed E-state index contributed by atoms with van der Waals surface area (Å²) in [4.78, 5) is 4.63. The summed E-state index contributed by atoms with van der Waals surface area (Å²) in [6.45, 7) is 7.60. The molecule has 0 bridgehead atoms. The topological polar surface area (TPSA) is 45.7 Å². The second-order valence-electron chi connectivity index (χ2n) is 6.31. The number of halogens is 2. The van der Waals surface area contributed by atoms with Crippen molar-refractivity contribution < 1.29 is 4.74 Å². The predicted molar refractivity (Wildman–Crippen MR) is 108 cm³/mol. The van der Waals surface area contributed by atoms with Gasteiger partial charge < -0.3 is 15.4 Å². The molecule has 0 aliphatic heterocycles. The van der Waals surface area contributed by atoms with Crippen molar-refractivity contribution in [1.29, 1.82) is 0 Å². The number of nitrogens with zero attached hydrogens (tertiary/aromatic N) is 1. The maximum Gasteiger partial charge on any atom is 0.191 e. The number of nitrogens with one attached hydrogen (secondary N) is 2. The van der Waals surface area contributed by atoms with Gasteiger partial charge in [0.1, 0.15) is 0 Å². The molecular formula is C17H27ClIN3O. The van der Waals surface area contributed by atoms with Crippen LogP contribution in [0.3, 0.4) is 0 Å². The fourth-order valence-corrected chi connectivity index (χ4v) is 2.49. The molecule has 23 heavy (non-hydrogen) atoms. The molecule has 0 radical (unpaired) electrons. The van der Waals surface area contributed by atoms with Crippen molar-refractivity contribution >= 4 is 41.5 Å². The summed E-state index contributed by atoms with van der Waals surface area (Å²) < 4.78 is 5.41. The second-order valence-corrected chi connectivity index (χ2v) is 6.74. The van der Waals surface area contributed by atoms with E-state index in [1.807, 2.05) is 32.0 Å². The van der Waals surface area contributed by atoms with Crippen LogP contribution in [-0.4, -0.2) is 37.8 Å². The number of benzene rings is 1. The van der Waals surface area contributed by atoms with E-state index in [9.17, 15) is 0 Å². The molecule has 2 unspecified atom stereocenters. The summed E-state index contributed by atoms with van der Waals surface area (Å²) in [5, 5.41) is 7.58. The first-order chi connectivity index (χ1) is 10.4. The van der Waals surface area contributed by atoms with Gasteiger partial charge in [0.25, 0.3) is 0 Å². The minimum atomic E-state index is -0.252. The standard InChI is InChI=1S/C17H26ClN3O.HI/c1-5-19-16(20-11-17(2,3)22-4)21-15-10-14(15)12-7-6-8-13(18)9-12;/h6-9,14-15H,5,10-11H2,1-4H3,(H2,19,20,21);1H. The Bertz CT molecular complexity index is 536. The van der Waals surface area contributed by atoms with Gasteiger partial charge in [0.05, 0.1) is 12.1 Å². The van der Waals surface area contributed by atoms with Crippen LogP contribution in [0.2, 0.25) is 5.02 Å². The van der Waals surface area contributed by atoms with E-state index in [4.69, 9.17) is 16.3 Å². The van der Waals surface area contributed by atoms with E-state index >= 15 is 0 Å². The third kappa shape index (κ3) is 6.47. The lowest BCUT2D eigenvalue weighted by molar-refractivity contribution is 0.0310. The van der Waals surface area contributed by atoms with Crippen LogP contribution >= 0.6 is 35.6 Å². The molecule has 0 saturated heterocycles. The van der Waals surface area contributed by atoms with Crippen molar-refractivity contribution in [1.82, 2.24) is 10.6 Å². The third-order valence-corrected chi connectivity index (χ3v) is 4.14.